The first-order valence-corrected chi connectivity index (χ1v) is 8.41. The van der Waals surface area contributed by atoms with Gasteiger partial charge in [-0.05, 0) is 39.8 Å². The second-order valence-corrected chi connectivity index (χ2v) is 6.86. The molecule has 0 amide bonds. The summed E-state index contributed by atoms with van der Waals surface area (Å²) in [6.07, 6.45) is 0. The zero-order valence-corrected chi connectivity index (χ0v) is 12.8. The van der Waals surface area contributed by atoms with Crippen LogP contribution >= 0.6 is 21.6 Å². The van der Waals surface area contributed by atoms with Crippen molar-refractivity contribution in [3.8, 4) is 0 Å². The SMILES string of the molecule is Cc1cc(CSSCc2cc(C)oc2C)c(C)o1. The maximum Gasteiger partial charge on any atom is 0.105 e. The van der Waals surface area contributed by atoms with E-state index in [1.54, 1.807) is 0 Å². The van der Waals surface area contributed by atoms with Crippen molar-refractivity contribution in [2.75, 3.05) is 0 Å². The van der Waals surface area contributed by atoms with E-state index in [1.165, 1.54) is 11.1 Å². The van der Waals surface area contributed by atoms with Crippen molar-refractivity contribution < 1.29 is 8.83 Å². The number of hydrogen-bond acceptors (Lipinski definition) is 4. The molecule has 0 radical (unpaired) electrons. The number of aryl methyl sites for hydroxylation is 4. The fraction of sp³-hybridized carbons (Fsp3) is 0.429. The van der Waals surface area contributed by atoms with Gasteiger partial charge in [0.1, 0.15) is 23.0 Å². The van der Waals surface area contributed by atoms with E-state index in [0.717, 1.165) is 34.5 Å². The lowest BCUT2D eigenvalue weighted by atomic mass is 10.3. The molecule has 0 unspecified atom stereocenters. The van der Waals surface area contributed by atoms with Crippen LogP contribution in [0.2, 0.25) is 0 Å². The van der Waals surface area contributed by atoms with E-state index >= 15 is 0 Å². The fourth-order valence-electron chi connectivity index (χ4n) is 1.86. The number of furan rings is 2. The molecule has 0 fully saturated rings. The molecule has 0 bridgehead atoms. The Morgan fingerprint density at radius 1 is 0.778 bits per heavy atom. The second kappa shape index (κ2) is 5.93. The van der Waals surface area contributed by atoms with Gasteiger partial charge in [0.25, 0.3) is 0 Å². The van der Waals surface area contributed by atoms with Gasteiger partial charge < -0.3 is 8.83 Å². The molecule has 2 nitrogen and oxygen atoms in total. The zero-order valence-electron chi connectivity index (χ0n) is 11.2. The maximum absolute atomic E-state index is 5.51. The van der Waals surface area contributed by atoms with E-state index in [0.29, 0.717) is 0 Å². The normalized spacial score (nSPS) is 11.1. The van der Waals surface area contributed by atoms with Crippen LogP contribution in [0.1, 0.15) is 34.2 Å². The molecule has 0 atom stereocenters. The van der Waals surface area contributed by atoms with Crippen molar-refractivity contribution >= 4 is 21.6 Å². The van der Waals surface area contributed by atoms with Gasteiger partial charge in [0, 0.05) is 22.6 Å². The highest BCUT2D eigenvalue weighted by Gasteiger charge is 2.07. The molecule has 4 heteroatoms. The highest BCUT2D eigenvalue weighted by molar-refractivity contribution is 8.76. The molecule has 98 valence electrons. The third-order valence-corrected chi connectivity index (χ3v) is 5.03. The third kappa shape index (κ3) is 3.39. The summed E-state index contributed by atoms with van der Waals surface area (Å²) in [5.41, 5.74) is 2.59. The smallest absolute Gasteiger partial charge is 0.105 e. The maximum atomic E-state index is 5.51. The van der Waals surface area contributed by atoms with Crippen LogP contribution < -0.4 is 0 Å². The monoisotopic (exact) mass is 282 g/mol. The lowest BCUT2D eigenvalue weighted by molar-refractivity contribution is 0.502. The van der Waals surface area contributed by atoms with Gasteiger partial charge in [0.2, 0.25) is 0 Å². The predicted octanol–water partition coefficient (Wildman–Crippen LogP) is 5.19. The van der Waals surface area contributed by atoms with Crippen LogP contribution in [0.5, 0.6) is 0 Å². The molecule has 2 aromatic heterocycles. The molecule has 0 aliphatic carbocycles. The van der Waals surface area contributed by atoms with Crippen molar-refractivity contribution in [2.45, 2.75) is 39.2 Å². The second-order valence-electron chi connectivity index (χ2n) is 4.40. The van der Waals surface area contributed by atoms with Crippen molar-refractivity contribution in [2.24, 2.45) is 0 Å². The van der Waals surface area contributed by atoms with E-state index in [1.807, 2.05) is 49.3 Å². The lowest BCUT2D eigenvalue weighted by Gasteiger charge is -1.99. The van der Waals surface area contributed by atoms with Gasteiger partial charge in [-0.25, -0.2) is 0 Å². The van der Waals surface area contributed by atoms with Gasteiger partial charge in [-0.2, -0.15) is 0 Å². The quantitative estimate of drug-likeness (QED) is 0.557. The predicted molar refractivity (Wildman–Crippen MR) is 79.0 cm³/mol. The van der Waals surface area contributed by atoms with Crippen LogP contribution in [0, 0.1) is 27.7 Å². The Kier molecular flexibility index (Phi) is 4.51. The minimum atomic E-state index is 0.990. The van der Waals surface area contributed by atoms with E-state index in [2.05, 4.69) is 12.1 Å². The highest BCUT2D eigenvalue weighted by Crippen LogP contribution is 2.32. The third-order valence-electron chi connectivity index (χ3n) is 2.80. The summed E-state index contributed by atoms with van der Waals surface area (Å²) in [5.74, 6) is 6.05. The fourth-order valence-corrected chi connectivity index (χ4v) is 4.12. The molecule has 0 saturated carbocycles. The molecule has 2 aromatic rings. The number of hydrogen-bond donors (Lipinski definition) is 0. The molecule has 2 heterocycles. The highest BCUT2D eigenvalue weighted by atomic mass is 33.1. The van der Waals surface area contributed by atoms with Gasteiger partial charge in [0.05, 0.1) is 0 Å². The number of rotatable bonds is 5. The first kappa shape index (κ1) is 13.7. The summed E-state index contributed by atoms with van der Waals surface area (Å²) in [6.45, 7) is 8.03. The molecule has 0 aliphatic rings. The van der Waals surface area contributed by atoms with Crippen LogP contribution in [0.15, 0.2) is 21.0 Å². The molecule has 0 aliphatic heterocycles. The van der Waals surface area contributed by atoms with Crippen LogP contribution in [-0.4, -0.2) is 0 Å². The summed E-state index contributed by atoms with van der Waals surface area (Å²) in [7, 11) is 3.72. The first-order valence-electron chi connectivity index (χ1n) is 5.92. The van der Waals surface area contributed by atoms with E-state index in [-0.39, 0.29) is 0 Å². The minimum absolute atomic E-state index is 0.990. The first-order chi connectivity index (χ1) is 8.56. The van der Waals surface area contributed by atoms with Crippen LogP contribution in [0.4, 0.5) is 0 Å². The average Bonchev–Trinajstić information content (AvgIpc) is 2.77. The van der Waals surface area contributed by atoms with Gasteiger partial charge >= 0.3 is 0 Å². The topological polar surface area (TPSA) is 26.3 Å². The van der Waals surface area contributed by atoms with Gasteiger partial charge in [-0.1, -0.05) is 21.6 Å². The molecule has 0 saturated heterocycles. The van der Waals surface area contributed by atoms with Gasteiger partial charge in [-0.15, -0.1) is 0 Å². The molecule has 0 N–H and O–H groups in total. The molecule has 0 aromatic carbocycles. The van der Waals surface area contributed by atoms with Crippen LogP contribution in [0.3, 0.4) is 0 Å². The molecule has 18 heavy (non-hydrogen) atoms. The van der Waals surface area contributed by atoms with E-state index in [9.17, 15) is 0 Å². The van der Waals surface area contributed by atoms with Gasteiger partial charge in [0.15, 0.2) is 0 Å². The van der Waals surface area contributed by atoms with Crippen molar-refractivity contribution in [1.29, 1.82) is 0 Å². The molecule has 2 rings (SSSR count). The Hall–Kier alpha value is -0.740. The van der Waals surface area contributed by atoms with E-state index < -0.39 is 0 Å². The summed E-state index contributed by atoms with van der Waals surface area (Å²) >= 11 is 0. The summed E-state index contributed by atoms with van der Waals surface area (Å²) in [6, 6.07) is 4.24. The van der Waals surface area contributed by atoms with Crippen molar-refractivity contribution in [3.05, 3.63) is 46.3 Å². The minimum Gasteiger partial charge on any atom is -0.466 e. The summed E-state index contributed by atoms with van der Waals surface area (Å²) in [4.78, 5) is 0. The average molecular weight is 282 g/mol. The largest absolute Gasteiger partial charge is 0.466 e. The lowest BCUT2D eigenvalue weighted by Crippen LogP contribution is -1.79. The Morgan fingerprint density at radius 3 is 1.44 bits per heavy atom. The Balaban J connectivity index is 1.79. The molecule has 0 spiro atoms. The Bertz CT molecular complexity index is 478. The standard InChI is InChI=1S/C14H18O2S2/c1-9-5-13(11(3)15-9)7-17-18-8-14-6-10(2)16-12(14)4/h5-6H,7-8H2,1-4H3. The zero-order chi connectivity index (χ0) is 13.1. The van der Waals surface area contributed by atoms with E-state index in [4.69, 9.17) is 8.83 Å². The van der Waals surface area contributed by atoms with Crippen molar-refractivity contribution in [3.63, 3.8) is 0 Å². The Labute approximate surface area is 116 Å². The van der Waals surface area contributed by atoms with Crippen molar-refractivity contribution in [1.82, 2.24) is 0 Å². The molecular weight excluding hydrogens is 264 g/mol. The molecular formula is C14H18O2S2. The van der Waals surface area contributed by atoms with Crippen LogP contribution in [0.25, 0.3) is 0 Å². The van der Waals surface area contributed by atoms with Gasteiger partial charge in [-0.3, -0.25) is 0 Å². The van der Waals surface area contributed by atoms with Crippen LogP contribution in [-0.2, 0) is 11.5 Å². The summed E-state index contributed by atoms with van der Waals surface area (Å²) in [5, 5.41) is 0. The Morgan fingerprint density at radius 2 is 1.17 bits per heavy atom. The summed E-state index contributed by atoms with van der Waals surface area (Å²) < 4.78 is 11.0.